The minimum atomic E-state index is -0.188. The van der Waals surface area contributed by atoms with Crippen LogP contribution in [0.25, 0.3) is 0 Å². The summed E-state index contributed by atoms with van der Waals surface area (Å²) in [5.74, 6) is -0.248. The molecule has 0 bridgehead atoms. The summed E-state index contributed by atoms with van der Waals surface area (Å²) >= 11 is 3.46. The van der Waals surface area contributed by atoms with Crippen molar-refractivity contribution in [2.45, 2.75) is 40.0 Å². The molecule has 0 aliphatic heterocycles. The Morgan fingerprint density at radius 1 is 1.22 bits per heavy atom. The number of hydrogen-bond donors (Lipinski definition) is 1. The minimum absolute atomic E-state index is 0.0548. The maximum atomic E-state index is 12.5. The molecule has 1 aliphatic carbocycles. The molecule has 1 N–H and O–H groups in total. The Kier molecular flexibility index (Phi) is 6.22. The van der Waals surface area contributed by atoms with E-state index in [2.05, 4.69) is 35.1 Å². The second-order valence-electron chi connectivity index (χ2n) is 6.25. The summed E-state index contributed by atoms with van der Waals surface area (Å²) < 4.78 is 0.868. The summed E-state index contributed by atoms with van der Waals surface area (Å²) in [5.41, 5.74) is 1.89. The molecular formula is C18H25BrN2O2. The molecule has 1 aliphatic rings. The second-order valence-corrected chi connectivity index (χ2v) is 7.10. The lowest BCUT2D eigenvalue weighted by atomic mass is 10.2. The third-order valence-corrected chi connectivity index (χ3v) is 4.78. The SMILES string of the molecule is CCCN(CCC)C(=O)C1CC1C(=O)Nc1ccc(C)cc1Br. The van der Waals surface area contributed by atoms with Crippen molar-refractivity contribution >= 4 is 33.4 Å². The highest BCUT2D eigenvalue weighted by molar-refractivity contribution is 9.10. The molecule has 5 heteroatoms. The zero-order valence-electron chi connectivity index (χ0n) is 14.1. The van der Waals surface area contributed by atoms with Gasteiger partial charge in [-0.15, -0.1) is 0 Å². The molecule has 0 radical (unpaired) electrons. The molecular weight excluding hydrogens is 356 g/mol. The molecule has 2 amide bonds. The first-order valence-electron chi connectivity index (χ1n) is 8.33. The lowest BCUT2D eigenvalue weighted by Gasteiger charge is -2.21. The lowest BCUT2D eigenvalue weighted by Crippen LogP contribution is -2.34. The van der Waals surface area contributed by atoms with Crippen LogP contribution < -0.4 is 5.32 Å². The molecule has 126 valence electrons. The molecule has 0 spiro atoms. The van der Waals surface area contributed by atoms with E-state index in [4.69, 9.17) is 0 Å². The van der Waals surface area contributed by atoms with Gasteiger partial charge in [0.15, 0.2) is 0 Å². The number of nitrogens with one attached hydrogen (secondary N) is 1. The third-order valence-electron chi connectivity index (χ3n) is 4.13. The van der Waals surface area contributed by atoms with Gasteiger partial charge >= 0.3 is 0 Å². The van der Waals surface area contributed by atoms with Gasteiger partial charge in [0.05, 0.1) is 17.5 Å². The summed E-state index contributed by atoms with van der Waals surface area (Å²) in [5, 5.41) is 2.93. The predicted molar refractivity (Wildman–Crippen MR) is 96.3 cm³/mol. The zero-order valence-corrected chi connectivity index (χ0v) is 15.6. The van der Waals surface area contributed by atoms with Crippen LogP contribution in [0.3, 0.4) is 0 Å². The monoisotopic (exact) mass is 380 g/mol. The first-order chi connectivity index (χ1) is 11.0. The minimum Gasteiger partial charge on any atom is -0.342 e. The van der Waals surface area contributed by atoms with Crippen molar-refractivity contribution in [3.63, 3.8) is 0 Å². The predicted octanol–water partition coefficient (Wildman–Crippen LogP) is 3.98. The molecule has 2 rings (SSSR count). The Bertz CT molecular complexity index is 582. The fourth-order valence-corrected chi connectivity index (χ4v) is 3.40. The molecule has 1 aromatic rings. The first-order valence-corrected chi connectivity index (χ1v) is 9.13. The van der Waals surface area contributed by atoms with Gasteiger partial charge in [-0.3, -0.25) is 9.59 Å². The van der Waals surface area contributed by atoms with E-state index in [1.807, 2.05) is 30.0 Å². The largest absolute Gasteiger partial charge is 0.342 e. The van der Waals surface area contributed by atoms with Gasteiger partial charge in [0.2, 0.25) is 11.8 Å². The molecule has 1 aromatic carbocycles. The van der Waals surface area contributed by atoms with Gasteiger partial charge in [-0.2, -0.15) is 0 Å². The summed E-state index contributed by atoms with van der Waals surface area (Å²) in [6.45, 7) is 7.70. The summed E-state index contributed by atoms with van der Waals surface area (Å²) in [6, 6.07) is 5.81. The fourth-order valence-electron chi connectivity index (χ4n) is 2.81. The van der Waals surface area contributed by atoms with Crippen molar-refractivity contribution in [1.29, 1.82) is 0 Å². The highest BCUT2D eigenvalue weighted by Gasteiger charge is 2.49. The Balaban J connectivity index is 1.94. The average molecular weight is 381 g/mol. The molecule has 2 unspecified atom stereocenters. The van der Waals surface area contributed by atoms with Crippen LogP contribution in [-0.4, -0.2) is 29.8 Å². The van der Waals surface area contributed by atoms with Crippen LogP contribution in [0.2, 0.25) is 0 Å². The lowest BCUT2D eigenvalue weighted by molar-refractivity contribution is -0.134. The van der Waals surface area contributed by atoms with Gasteiger partial charge in [0.1, 0.15) is 0 Å². The van der Waals surface area contributed by atoms with Crippen LogP contribution in [-0.2, 0) is 9.59 Å². The van der Waals surface area contributed by atoms with Crippen LogP contribution >= 0.6 is 15.9 Å². The number of anilines is 1. The van der Waals surface area contributed by atoms with Crippen LogP contribution in [0.1, 0.15) is 38.7 Å². The van der Waals surface area contributed by atoms with E-state index in [-0.39, 0.29) is 23.7 Å². The summed E-state index contributed by atoms with van der Waals surface area (Å²) in [6.07, 6.45) is 2.56. The van der Waals surface area contributed by atoms with E-state index in [1.54, 1.807) is 0 Å². The highest BCUT2D eigenvalue weighted by Crippen LogP contribution is 2.41. The molecule has 0 aromatic heterocycles. The molecule has 2 atom stereocenters. The topological polar surface area (TPSA) is 49.4 Å². The number of hydrogen-bond acceptors (Lipinski definition) is 2. The van der Waals surface area contributed by atoms with Crippen molar-refractivity contribution in [1.82, 2.24) is 4.90 Å². The number of aryl methyl sites for hydroxylation is 1. The second kappa shape index (κ2) is 7.95. The van der Waals surface area contributed by atoms with Crippen molar-refractivity contribution < 1.29 is 9.59 Å². The van der Waals surface area contributed by atoms with E-state index < -0.39 is 0 Å². The number of rotatable bonds is 7. The van der Waals surface area contributed by atoms with Crippen molar-refractivity contribution in [3.05, 3.63) is 28.2 Å². The Morgan fingerprint density at radius 2 is 1.87 bits per heavy atom. The summed E-state index contributed by atoms with van der Waals surface area (Å²) in [7, 11) is 0. The van der Waals surface area contributed by atoms with E-state index in [0.29, 0.717) is 6.42 Å². The Morgan fingerprint density at radius 3 is 2.43 bits per heavy atom. The molecule has 1 fully saturated rings. The molecule has 23 heavy (non-hydrogen) atoms. The average Bonchev–Trinajstić information content (AvgIpc) is 3.30. The number of nitrogens with zero attached hydrogens (tertiary/aromatic N) is 1. The number of carbonyl (C=O) groups is 2. The number of halogens is 1. The van der Waals surface area contributed by atoms with Crippen LogP contribution in [0.5, 0.6) is 0 Å². The van der Waals surface area contributed by atoms with Gasteiger partial charge in [0, 0.05) is 17.6 Å². The van der Waals surface area contributed by atoms with Crippen LogP contribution in [0.4, 0.5) is 5.69 Å². The standard InChI is InChI=1S/C18H25BrN2O2/c1-4-8-21(9-5-2)18(23)14-11-13(14)17(22)20-16-7-6-12(3)10-15(16)19/h6-7,10,13-14H,4-5,8-9,11H2,1-3H3,(H,20,22). The van der Waals surface area contributed by atoms with E-state index in [1.165, 1.54) is 0 Å². The van der Waals surface area contributed by atoms with Crippen molar-refractivity contribution in [2.75, 3.05) is 18.4 Å². The molecule has 0 heterocycles. The maximum absolute atomic E-state index is 12.5. The maximum Gasteiger partial charge on any atom is 0.228 e. The smallest absolute Gasteiger partial charge is 0.228 e. The van der Waals surface area contributed by atoms with Gasteiger partial charge in [-0.05, 0) is 59.8 Å². The van der Waals surface area contributed by atoms with Crippen molar-refractivity contribution in [2.24, 2.45) is 11.8 Å². The third kappa shape index (κ3) is 4.56. The number of carbonyl (C=O) groups excluding carboxylic acids is 2. The number of amides is 2. The van der Waals surface area contributed by atoms with Gasteiger partial charge in [-0.25, -0.2) is 0 Å². The van der Waals surface area contributed by atoms with E-state index in [0.717, 1.165) is 41.7 Å². The molecule has 4 nitrogen and oxygen atoms in total. The Hall–Kier alpha value is -1.36. The summed E-state index contributed by atoms with van der Waals surface area (Å²) in [4.78, 5) is 26.8. The molecule has 0 saturated heterocycles. The number of benzene rings is 1. The van der Waals surface area contributed by atoms with Gasteiger partial charge < -0.3 is 10.2 Å². The van der Waals surface area contributed by atoms with Crippen LogP contribution in [0.15, 0.2) is 22.7 Å². The Labute approximate surface area is 146 Å². The fraction of sp³-hybridized carbons (Fsp3) is 0.556. The van der Waals surface area contributed by atoms with Gasteiger partial charge in [0.25, 0.3) is 0 Å². The first kappa shape index (κ1) is 18.0. The normalized spacial score (nSPS) is 19.3. The van der Waals surface area contributed by atoms with Gasteiger partial charge in [-0.1, -0.05) is 19.9 Å². The molecule has 1 saturated carbocycles. The zero-order chi connectivity index (χ0) is 17.0. The van der Waals surface area contributed by atoms with E-state index >= 15 is 0 Å². The quantitative estimate of drug-likeness (QED) is 0.777. The van der Waals surface area contributed by atoms with Crippen LogP contribution in [0, 0.1) is 18.8 Å². The van der Waals surface area contributed by atoms with E-state index in [9.17, 15) is 9.59 Å². The van der Waals surface area contributed by atoms with Crippen molar-refractivity contribution in [3.8, 4) is 0 Å². The highest BCUT2D eigenvalue weighted by atomic mass is 79.9.